The van der Waals surface area contributed by atoms with Crippen molar-refractivity contribution in [1.29, 1.82) is 0 Å². The smallest absolute Gasteiger partial charge is 0.194 e. The number of aliphatic hydroxyl groups excluding tert-OH is 1. The minimum Gasteiger partial charge on any atom is -0.491 e. The number of β-amino-alcohol motifs (C(OH)–C–C–N with tert-alkyl or cyclic N) is 1. The van der Waals surface area contributed by atoms with Gasteiger partial charge in [0.1, 0.15) is 5.75 Å². The molecular weight excluding hydrogens is 290 g/mol. The second-order valence-corrected chi connectivity index (χ2v) is 6.18. The topological polar surface area (TPSA) is 57.1 Å². The number of likely N-dealkylation sites (tertiary alicyclic amines) is 1. The predicted octanol–water partition coefficient (Wildman–Crippen LogP) is 2.05. The van der Waals surface area contributed by atoms with Crippen molar-refractivity contribution in [2.75, 3.05) is 26.2 Å². The lowest BCUT2D eigenvalue weighted by Crippen LogP contribution is -2.40. The molecule has 0 unspecified atom stereocenters. The van der Waals surface area contributed by atoms with E-state index < -0.39 is 0 Å². The summed E-state index contributed by atoms with van der Waals surface area (Å²) in [5.41, 5.74) is 1.25. The highest BCUT2D eigenvalue weighted by molar-refractivity contribution is 5.80. The van der Waals surface area contributed by atoms with Gasteiger partial charge in [0.15, 0.2) is 5.96 Å². The summed E-state index contributed by atoms with van der Waals surface area (Å²) in [6, 6.07) is 8.22. The first-order chi connectivity index (χ1) is 11.1. The van der Waals surface area contributed by atoms with Crippen LogP contribution in [-0.2, 0) is 6.42 Å². The standard InChI is InChI=1S/C18H29N3O2/c1-4-19-18(21-12-10-16(22)13-21)20-11-9-15-5-7-17(8-6-15)23-14(2)3/h5-8,14,16,22H,4,9-13H2,1-3H3,(H,19,20)/t16-/m1/s1. The molecule has 2 N–H and O–H groups in total. The van der Waals surface area contributed by atoms with Gasteiger partial charge in [-0.3, -0.25) is 4.99 Å². The molecule has 2 rings (SSSR count). The zero-order chi connectivity index (χ0) is 16.7. The van der Waals surface area contributed by atoms with Crippen molar-refractivity contribution in [3.05, 3.63) is 29.8 Å². The van der Waals surface area contributed by atoms with Crippen LogP contribution >= 0.6 is 0 Å². The van der Waals surface area contributed by atoms with Crippen LogP contribution in [0, 0.1) is 0 Å². The van der Waals surface area contributed by atoms with Gasteiger partial charge >= 0.3 is 0 Å². The van der Waals surface area contributed by atoms with Crippen molar-refractivity contribution in [2.45, 2.75) is 45.8 Å². The molecule has 1 aromatic carbocycles. The fourth-order valence-corrected chi connectivity index (χ4v) is 2.66. The Bertz CT molecular complexity index is 499. The zero-order valence-electron chi connectivity index (χ0n) is 14.5. The first kappa shape index (κ1) is 17.6. The minimum atomic E-state index is -0.229. The van der Waals surface area contributed by atoms with Gasteiger partial charge in [0.25, 0.3) is 0 Å². The number of guanidine groups is 1. The molecule has 128 valence electrons. The van der Waals surface area contributed by atoms with E-state index >= 15 is 0 Å². The number of hydrogen-bond acceptors (Lipinski definition) is 3. The maximum atomic E-state index is 9.67. The van der Waals surface area contributed by atoms with E-state index in [4.69, 9.17) is 4.74 Å². The summed E-state index contributed by atoms with van der Waals surface area (Å²) in [6.07, 6.45) is 1.69. The zero-order valence-corrected chi connectivity index (χ0v) is 14.5. The molecule has 5 nitrogen and oxygen atoms in total. The van der Waals surface area contributed by atoms with Gasteiger partial charge in [-0.15, -0.1) is 0 Å². The molecule has 23 heavy (non-hydrogen) atoms. The summed E-state index contributed by atoms with van der Waals surface area (Å²) < 4.78 is 5.65. The summed E-state index contributed by atoms with van der Waals surface area (Å²) in [7, 11) is 0. The lowest BCUT2D eigenvalue weighted by Gasteiger charge is -2.20. The predicted molar refractivity (Wildman–Crippen MR) is 94.1 cm³/mol. The highest BCUT2D eigenvalue weighted by atomic mass is 16.5. The molecular formula is C18H29N3O2. The van der Waals surface area contributed by atoms with Crippen molar-refractivity contribution in [2.24, 2.45) is 4.99 Å². The number of rotatable bonds is 6. The maximum absolute atomic E-state index is 9.67. The third-order valence-corrected chi connectivity index (χ3v) is 3.75. The van der Waals surface area contributed by atoms with E-state index in [2.05, 4.69) is 34.3 Å². The Morgan fingerprint density at radius 2 is 2.13 bits per heavy atom. The van der Waals surface area contributed by atoms with Crippen LogP contribution in [0.4, 0.5) is 0 Å². The van der Waals surface area contributed by atoms with E-state index in [0.717, 1.165) is 44.2 Å². The van der Waals surface area contributed by atoms with Crippen molar-refractivity contribution in [3.8, 4) is 5.75 Å². The van der Waals surface area contributed by atoms with Crippen molar-refractivity contribution < 1.29 is 9.84 Å². The van der Waals surface area contributed by atoms with Crippen molar-refractivity contribution in [1.82, 2.24) is 10.2 Å². The van der Waals surface area contributed by atoms with Gasteiger partial charge in [0.05, 0.1) is 12.2 Å². The second-order valence-electron chi connectivity index (χ2n) is 6.18. The Morgan fingerprint density at radius 3 is 2.70 bits per heavy atom. The second kappa shape index (κ2) is 8.77. The third kappa shape index (κ3) is 5.75. The Hall–Kier alpha value is -1.75. The average Bonchev–Trinajstić information content (AvgIpc) is 2.94. The summed E-state index contributed by atoms with van der Waals surface area (Å²) in [5, 5.41) is 13.0. The quantitative estimate of drug-likeness (QED) is 0.622. The minimum absolute atomic E-state index is 0.198. The number of aliphatic imine (C=N–C) groups is 1. The first-order valence-electron chi connectivity index (χ1n) is 8.55. The van der Waals surface area contributed by atoms with E-state index in [1.54, 1.807) is 0 Å². The molecule has 0 aliphatic carbocycles. The highest BCUT2D eigenvalue weighted by Crippen LogP contribution is 2.14. The van der Waals surface area contributed by atoms with Gasteiger partial charge in [-0.25, -0.2) is 0 Å². The number of nitrogens with zero attached hydrogens (tertiary/aromatic N) is 2. The van der Waals surface area contributed by atoms with Gasteiger partial charge in [-0.2, -0.15) is 0 Å². The Kier molecular flexibility index (Phi) is 6.71. The fraction of sp³-hybridized carbons (Fsp3) is 0.611. The van der Waals surface area contributed by atoms with Gasteiger partial charge in [-0.05, 0) is 51.3 Å². The monoisotopic (exact) mass is 319 g/mol. The average molecular weight is 319 g/mol. The van der Waals surface area contributed by atoms with E-state index in [1.807, 2.05) is 26.0 Å². The Labute approximate surface area is 139 Å². The molecule has 1 heterocycles. The molecule has 0 aromatic heterocycles. The molecule has 0 bridgehead atoms. The van der Waals surface area contributed by atoms with Crippen LogP contribution in [0.3, 0.4) is 0 Å². The molecule has 0 saturated carbocycles. The summed E-state index contributed by atoms with van der Waals surface area (Å²) in [6.45, 7) is 9.24. The molecule has 0 spiro atoms. The number of aliphatic hydroxyl groups is 1. The molecule has 1 saturated heterocycles. The van der Waals surface area contributed by atoms with E-state index in [1.165, 1.54) is 5.56 Å². The van der Waals surface area contributed by atoms with Crippen LogP contribution in [-0.4, -0.2) is 54.4 Å². The van der Waals surface area contributed by atoms with Gasteiger partial charge in [0, 0.05) is 26.2 Å². The molecule has 1 aromatic rings. The maximum Gasteiger partial charge on any atom is 0.194 e. The molecule has 1 fully saturated rings. The van der Waals surface area contributed by atoms with Crippen LogP contribution in [0.2, 0.25) is 0 Å². The van der Waals surface area contributed by atoms with Crippen LogP contribution in [0.5, 0.6) is 5.75 Å². The van der Waals surface area contributed by atoms with E-state index in [9.17, 15) is 5.11 Å². The fourth-order valence-electron chi connectivity index (χ4n) is 2.66. The summed E-state index contributed by atoms with van der Waals surface area (Å²) in [5.74, 6) is 1.82. The van der Waals surface area contributed by atoms with Crippen LogP contribution in [0.15, 0.2) is 29.3 Å². The van der Waals surface area contributed by atoms with E-state index in [0.29, 0.717) is 6.54 Å². The Morgan fingerprint density at radius 1 is 1.39 bits per heavy atom. The van der Waals surface area contributed by atoms with Crippen LogP contribution in [0.1, 0.15) is 32.8 Å². The molecule has 1 atom stereocenters. The number of benzene rings is 1. The molecule has 1 aliphatic heterocycles. The van der Waals surface area contributed by atoms with Gasteiger partial charge in [0.2, 0.25) is 0 Å². The first-order valence-corrected chi connectivity index (χ1v) is 8.55. The van der Waals surface area contributed by atoms with Crippen LogP contribution in [0.25, 0.3) is 0 Å². The highest BCUT2D eigenvalue weighted by Gasteiger charge is 2.22. The van der Waals surface area contributed by atoms with Crippen molar-refractivity contribution >= 4 is 5.96 Å². The van der Waals surface area contributed by atoms with Crippen LogP contribution < -0.4 is 10.1 Å². The number of ether oxygens (including phenoxy) is 1. The van der Waals surface area contributed by atoms with Gasteiger partial charge < -0.3 is 20.1 Å². The molecule has 0 amide bonds. The summed E-state index contributed by atoms with van der Waals surface area (Å²) in [4.78, 5) is 6.82. The van der Waals surface area contributed by atoms with Crippen molar-refractivity contribution in [3.63, 3.8) is 0 Å². The lowest BCUT2D eigenvalue weighted by molar-refractivity contribution is 0.188. The Balaban J connectivity index is 1.87. The summed E-state index contributed by atoms with van der Waals surface area (Å²) >= 11 is 0. The SMILES string of the molecule is CCNC(=NCCc1ccc(OC(C)C)cc1)N1CC[C@@H](O)C1. The van der Waals surface area contributed by atoms with E-state index in [-0.39, 0.29) is 12.2 Å². The number of nitrogens with one attached hydrogen (secondary N) is 1. The normalized spacial score (nSPS) is 18.6. The lowest BCUT2D eigenvalue weighted by atomic mass is 10.1. The largest absolute Gasteiger partial charge is 0.491 e. The third-order valence-electron chi connectivity index (χ3n) is 3.75. The molecule has 5 heteroatoms. The number of hydrogen-bond donors (Lipinski definition) is 2. The van der Waals surface area contributed by atoms with Gasteiger partial charge in [-0.1, -0.05) is 12.1 Å². The molecule has 1 aliphatic rings. The molecule has 0 radical (unpaired) electrons.